The molecule has 3 aliphatic rings. The quantitative estimate of drug-likeness (QED) is 0.609. The molecule has 0 spiro atoms. The predicted molar refractivity (Wildman–Crippen MR) is 126 cm³/mol. The summed E-state index contributed by atoms with van der Waals surface area (Å²) in [5.41, 5.74) is 0.999. The maximum Gasteiger partial charge on any atom is 0.242 e. The van der Waals surface area contributed by atoms with Gasteiger partial charge in [0.1, 0.15) is 23.7 Å². The van der Waals surface area contributed by atoms with Crippen molar-refractivity contribution in [2.75, 3.05) is 23.3 Å². The van der Waals surface area contributed by atoms with E-state index in [0.29, 0.717) is 29.6 Å². The topological polar surface area (TPSA) is 81.0 Å². The van der Waals surface area contributed by atoms with Crippen LogP contribution in [0.2, 0.25) is 0 Å². The van der Waals surface area contributed by atoms with Crippen LogP contribution in [0.25, 0.3) is 0 Å². The van der Waals surface area contributed by atoms with Gasteiger partial charge in [-0.25, -0.2) is 19.0 Å². The number of halogens is 1. The lowest BCUT2D eigenvalue weighted by Gasteiger charge is -2.38. The molecule has 1 N–H and O–H groups in total. The number of piperidine rings is 1. The summed E-state index contributed by atoms with van der Waals surface area (Å²) < 4.78 is 21.5. The van der Waals surface area contributed by atoms with E-state index in [0.717, 1.165) is 56.2 Å². The van der Waals surface area contributed by atoms with Crippen molar-refractivity contribution in [3.8, 4) is 5.75 Å². The molecule has 6 rings (SSSR count). The van der Waals surface area contributed by atoms with Gasteiger partial charge in [0.15, 0.2) is 11.9 Å². The summed E-state index contributed by atoms with van der Waals surface area (Å²) in [7, 11) is 0. The molecule has 2 bridgehead atoms. The molecule has 3 aromatic rings. The number of rotatable bonds is 5. The number of nitrogens with zero attached hydrogens (tertiary/aromatic N) is 6. The number of hydrogen-bond donors (Lipinski definition) is 1. The van der Waals surface area contributed by atoms with Crippen LogP contribution in [0.1, 0.15) is 49.7 Å². The Hall–Kier alpha value is -3.23. The number of hydrogen-bond acceptors (Lipinski definition) is 7. The minimum Gasteiger partial charge on any atom is -0.482 e. The van der Waals surface area contributed by atoms with E-state index in [4.69, 9.17) is 14.8 Å². The number of ether oxygens (including phenoxy) is 1. The minimum atomic E-state index is -0.265. The van der Waals surface area contributed by atoms with Crippen molar-refractivity contribution in [2.24, 2.45) is 11.8 Å². The Morgan fingerprint density at radius 3 is 2.59 bits per heavy atom. The SMILES string of the molecule is Cc1cc(N2C[C@H]3CC[C@@H](C2)C3Nc2nc3n(n2)CCCC[C@@H]3Oc2ccc(F)cc2)ncn1. The van der Waals surface area contributed by atoms with Crippen molar-refractivity contribution < 1.29 is 9.13 Å². The molecule has 2 aliphatic heterocycles. The van der Waals surface area contributed by atoms with E-state index in [1.807, 2.05) is 11.6 Å². The second-order valence-electron chi connectivity index (χ2n) is 9.76. The molecule has 1 unspecified atom stereocenters. The molecule has 2 fully saturated rings. The molecule has 1 saturated carbocycles. The first kappa shape index (κ1) is 21.3. The molecule has 0 radical (unpaired) electrons. The number of nitrogens with one attached hydrogen (secondary N) is 1. The standard InChI is InChI=1S/C25H30FN7O/c1-16-12-22(28-15-27-16)32-13-17-5-6-18(14-32)23(17)29-25-30-24-21(4-2-3-11-33(24)31-25)34-20-9-7-19(26)8-10-20/h7-10,12,15,17-18,21,23H,2-6,11,13-14H2,1H3,(H,29,31)/t17-,18+,21-,23?/m0/s1. The van der Waals surface area contributed by atoms with Gasteiger partial charge in [0.05, 0.1) is 0 Å². The minimum absolute atomic E-state index is 0.185. The molecule has 0 amide bonds. The third-order valence-corrected chi connectivity index (χ3v) is 7.41. The van der Waals surface area contributed by atoms with E-state index >= 15 is 0 Å². The summed E-state index contributed by atoms with van der Waals surface area (Å²) in [5.74, 6) is 4.02. The fourth-order valence-corrected chi connectivity index (χ4v) is 5.74. The lowest BCUT2D eigenvalue weighted by molar-refractivity contribution is 0.183. The summed E-state index contributed by atoms with van der Waals surface area (Å²) in [4.78, 5) is 16.0. The van der Waals surface area contributed by atoms with Gasteiger partial charge in [-0.2, -0.15) is 4.98 Å². The molecule has 1 saturated heterocycles. The molecular formula is C25H30FN7O. The molecule has 4 heterocycles. The fraction of sp³-hybridized carbons (Fsp3) is 0.520. The smallest absolute Gasteiger partial charge is 0.242 e. The monoisotopic (exact) mass is 463 g/mol. The molecule has 1 aromatic carbocycles. The van der Waals surface area contributed by atoms with Crippen molar-refractivity contribution in [2.45, 2.75) is 57.7 Å². The van der Waals surface area contributed by atoms with Crippen LogP contribution in [0.3, 0.4) is 0 Å². The van der Waals surface area contributed by atoms with E-state index in [1.165, 1.54) is 25.0 Å². The normalized spacial score (nSPS) is 26.1. The first-order chi connectivity index (χ1) is 16.6. The van der Waals surface area contributed by atoms with Crippen LogP contribution in [0.15, 0.2) is 36.7 Å². The van der Waals surface area contributed by atoms with Crippen LogP contribution in [-0.2, 0) is 6.54 Å². The van der Waals surface area contributed by atoms with Crippen molar-refractivity contribution in [1.82, 2.24) is 24.7 Å². The second kappa shape index (κ2) is 8.85. The summed E-state index contributed by atoms with van der Waals surface area (Å²) >= 11 is 0. The maximum atomic E-state index is 13.3. The highest BCUT2D eigenvalue weighted by atomic mass is 19.1. The fourth-order valence-electron chi connectivity index (χ4n) is 5.74. The first-order valence-corrected chi connectivity index (χ1v) is 12.3. The number of aromatic nitrogens is 5. The zero-order valence-corrected chi connectivity index (χ0v) is 19.4. The zero-order valence-electron chi connectivity index (χ0n) is 19.4. The number of aryl methyl sites for hydroxylation is 2. The van der Waals surface area contributed by atoms with Crippen molar-refractivity contribution in [1.29, 1.82) is 0 Å². The van der Waals surface area contributed by atoms with Crippen LogP contribution in [0, 0.1) is 24.6 Å². The van der Waals surface area contributed by atoms with Crippen LogP contribution < -0.4 is 15.0 Å². The van der Waals surface area contributed by atoms with Gasteiger partial charge < -0.3 is 15.0 Å². The van der Waals surface area contributed by atoms with E-state index in [-0.39, 0.29) is 11.9 Å². The van der Waals surface area contributed by atoms with Gasteiger partial charge in [0, 0.05) is 37.4 Å². The van der Waals surface area contributed by atoms with Gasteiger partial charge >= 0.3 is 0 Å². The van der Waals surface area contributed by atoms with Crippen LogP contribution in [-0.4, -0.2) is 43.9 Å². The molecule has 178 valence electrons. The third-order valence-electron chi connectivity index (χ3n) is 7.41. The lowest BCUT2D eigenvalue weighted by atomic mass is 9.92. The Morgan fingerprint density at radius 2 is 1.82 bits per heavy atom. The van der Waals surface area contributed by atoms with Gasteiger partial charge in [-0.3, -0.25) is 0 Å². The summed E-state index contributed by atoms with van der Waals surface area (Å²) in [6, 6.07) is 8.63. The average Bonchev–Trinajstić information content (AvgIpc) is 3.25. The molecule has 1 aliphatic carbocycles. The van der Waals surface area contributed by atoms with Crippen molar-refractivity contribution >= 4 is 11.8 Å². The number of anilines is 2. The largest absolute Gasteiger partial charge is 0.482 e. The second-order valence-corrected chi connectivity index (χ2v) is 9.76. The molecule has 34 heavy (non-hydrogen) atoms. The highest BCUT2D eigenvalue weighted by Gasteiger charge is 2.43. The predicted octanol–water partition coefficient (Wildman–Crippen LogP) is 4.15. The van der Waals surface area contributed by atoms with Crippen molar-refractivity contribution in [3.63, 3.8) is 0 Å². The Morgan fingerprint density at radius 1 is 1.03 bits per heavy atom. The highest BCUT2D eigenvalue weighted by Crippen LogP contribution is 2.40. The Balaban J connectivity index is 1.17. The van der Waals surface area contributed by atoms with E-state index < -0.39 is 0 Å². The van der Waals surface area contributed by atoms with E-state index in [9.17, 15) is 4.39 Å². The van der Waals surface area contributed by atoms with E-state index in [1.54, 1.807) is 18.5 Å². The van der Waals surface area contributed by atoms with Crippen LogP contribution in [0.4, 0.5) is 16.2 Å². The van der Waals surface area contributed by atoms with Gasteiger partial charge in [-0.15, -0.1) is 5.10 Å². The van der Waals surface area contributed by atoms with Gasteiger partial charge in [-0.05, 0) is 75.1 Å². The molecule has 2 aromatic heterocycles. The van der Waals surface area contributed by atoms with E-state index in [2.05, 4.69) is 26.3 Å². The molecule has 8 nitrogen and oxygen atoms in total. The first-order valence-electron chi connectivity index (χ1n) is 12.3. The Labute approximate surface area is 198 Å². The highest BCUT2D eigenvalue weighted by molar-refractivity contribution is 5.41. The maximum absolute atomic E-state index is 13.3. The molecule has 4 atom stereocenters. The van der Waals surface area contributed by atoms with Gasteiger partial charge in [0.2, 0.25) is 5.95 Å². The Kier molecular flexibility index (Phi) is 5.55. The Bertz CT molecular complexity index is 1140. The summed E-state index contributed by atoms with van der Waals surface area (Å²) in [5, 5.41) is 8.50. The lowest BCUT2D eigenvalue weighted by Crippen LogP contribution is -2.48. The van der Waals surface area contributed by atoms with Crippen molar-refractivity contribution in [3.05, 3.63) is 54.0 Å². The summed E-state index contributed by atoms with van der Waals surface area (Å²) in [6.07, 6.45) is 6.84. The average molecular weight is 464 g/mol. The number of fused-ring (bicyclic) bond motifs is 3. The third kappa shape index (κ3) is 4.19. The van der Waals surface area contributed by atoms with Gasteiger partial charge in [-0.1, -0.05) is 0 Å². The van der Waals surface area contributed by atoms with Gasteiger partial charge in [0.25, 0.3) is 0 Å². The number of benzene rings is 1. The van der Waals surface area contributed by atoms with Crippen LogP contribution in [0.5, 0.6) is 5.75 Å². The zero-order chi connectivity index (χ0) is 23.1. The summed E-state index contributed by atoms with van der Waals surface area (Å²) in [6.45, 7) is 4.81. The van der Waals surface area contributed by atoms with Crippen LogP contribution >= 0.6 is 0 Å². The molecular weight excluding hydrogens is 433 g/mol. The molecule has 9 heteroatoms.